The van der Waals surface area contributed by atoms with Gasteiger partial charge in [0.1, 0.15) is 12.0 Å². The summed E-state index contributed by atoms with van der Waals surface area (Å²) in [4.78, 5) is 13.9. The maximum absolute atomic E-state index is 4.71. The van der Waals surface area contributed by atoms with E-state index in [0.29, 0.717) is 5.82 Å². The van der Waals surface area contributed by atoms with Crippen LogP contribution in [0, 0.1) is 0 Å². The Balaban J connectivity index is 1.72. The van der Waals surface area contributed by atoms with Gasteiger partial charge in [0, 0.05) is 16.6 Å². The molecule has 0 unspecified atom stereocenters. The quantitative estimate of drug-likeness (QED) is 0.540. The summed E-state index contributed by atoms with van der Waals surface area (Å²) < 4.78 is 1.77. The third-order valence-electron chi connectivity index (χ3n) is 4.24. The number of rotatable bonds is 1. The summed E-state index contributed by atoms with van der Waals surface area (Å²) in [5.41, 5.74) is 5.09. The van der Waals surface area contributed by atoms with Crippen molar-refractivity contribution in [2.75, 3.05) is 0 Å². The van der Waals surface area contributed by atoms with Crippen LogP contribution in [0.4, 0.5) is 0 Å². The van der Waals surface area contributed by atoms with Gasteiger partial charge >= 0.3 is 0 Å². The van der Waals surface area contributed by atoms with Gasteiger partial charge in [-0.1, -0.05) is 24.3 Å². The van der Waals surface area contributed by atoms with Crippen LogP contribution in [0.2, 0.25) is 0 Å². The van der Waals surface area contributed by atoms with Gasteiger partial charge in [-0.25, -0.2) is 19.5 Å². The summed E-state index contributed by atoms with van der Waals surface area (Å²) in [6, 6.07) is 12.1. The van der Waals surface area contributed by atoms with E-state index in [4.69, 9.17) is 4.98 Å². The Labute approximate surface area is 126 Å². The van der Waals surface area contributed by atoms with Gasteiger partial charge in [0.2, 0.25) is 5.82 Å². The second kappa shape index (κ2) is 4.34. The summed E-state index contributed by atoms with van der Waals surface area (Å²) in [5.74, 6) is 0.660. The van der Waals surface area contributed by atoms with Crippen LogP contribution < -0.4 is 0 Å². The highest BCUT2D eigenvalue weighted by Gasteiger charge is 2.19. The van der Waals surface area contributed by atoms with Crippen molar-refractivity contribution < 1.29 is 0 Å². The van der Waals surface area contributed by atoms with Gasteiger partial charge in [0.25, 0.3) is 0 Å². The molecule has 1 aliphatic carbocycles. The lowest BCUT2D eigenvalue weighted by atomic mass is 10.2. The van der Waals surface area contributed by atoms with Crippen molar-refractivity contribution in [1.82, 2.24) is 24.6 Å². The lowest BCUT2D eigenvalue weighted by Gasteiger charge is -1.98. The minimum absolute atomic E-state index is 0.660. The molecule has 0 radical (unpaired) electrons. The van der Waals surface area contributed by atoms with Gasteiger partial charge < -0.3 is 0 Å². The average molecular weight is 287 g/mol. The number of nitrogens with zero attached hydrogens (tertiary/aromatic N) is 5. The van der Waals surface area contributed by atoms with E-state index in [1.54, 1.807) is 10.8 Å². The third-order valence-corrected chi connectivity index (χ3v) is 4.24. The second-order valence-corrected chi connectivity index (χ2v) is 5.62. The fourth-order valence-electron chi connectivity index (χ4n) is 3.14. The molecular weight excluding hydrogens is 274 g/mol. The minimum Gasteiger partial charge on any atom is -0.244 e. The first-order valence-corrected chi connectivity index (χ1v) is 7.48. The van der Waals surface area contributed by atoms with E-state index in [0.717, 1.165) is 47.2 Å². The average Bonchev–Trinajstić information content (AvgIpc) is 3.20. The summed E-state index contributed by atoms with van der Waals surface area (Å²) in [6.45, 7) is 0. The zero-order chi connectivity index (χ0) is 14.5. The SMILES string of the molecule is c1ccc2nc(-c3nc4c5c(ncn4n3)CCC5)ccc2c1. The number of aromatic nitrogens is 5. The molecule has 0 aliphatic heterocycles. The van der Waals surface area contributed by atoms with Crippen LogP contribution in [0.3, 0.4) is 0 Å². The molecule has 5 nitrogen and oxygen atoms in total. The highest BCUT2D eigenvalue weighted by Crippen LogP contribution is 2.25. The van der Waals surface area contributed by atoms with Crippen LogP contribution in [-0.4, -0.2) is 24.6 Å². The fourth-order valence-corrected chi connectivity index (χ4v) is 3.14. The maximum Gasteiger partial charge on any atom is 0.200 e. The first-order chi connectivity index (χ1) is 10.9. The van der Waals surface area contributed by atoms with Crippen molar-refractivity contribution in [3.8, 4) is 11.5 Å². The van der Waals surface area contributed by atoms with Crippen molar-refractivity contribution in [3.05, 3.63) is 54.0 Å². The molecule has 0 spiro atoms. The zero-order valence-corrected chi connectivity index (χ0v) is 11.9. The molecule has 4 aromatic rings. The number of benzene rings is 1. The Bertz CT molecular complexity index is 1020. The number of para-hydroxylation sites is 1. The van der Waals surface area contributed by atoms with Crippen molar-refractivity contribution in [2.24, 2.45) is 0 Å². The molecule has 5 rings (SSSR count). The van der Waals surface area contributed by atoms with Gasteiger partial charge in [-0.15, -0.1) is 5.10 Å². The molecule has 0 amide bonds. The Kier molecular flexibility index (Phi) is 2.33. The Morgan fingerprint density at radius 3 is 2.91 bits per heavy atom. The Hall–Kier alpha value is -2.82. The molecule has 0 atom stereocenters. The highest BCUT2D eigenvalue weighted by molar-refractivity contribution is 5.80. The highest BCUT2D eigenvalue weighted by atomic mass is 15.3. The van der Waals surface area contributed by atoms with Crippen molar-refractivity contribution in [2.45, 2.75) is 19.3 Å². The molecular formula is C17H13N5. The summed E-state index contributed by atoms with van der Waals surface area (Å²) in [5, 5.41) is 5.67. The molecule has 0 saturated heterocycles. The predicted octanol–water partition coefficient (Wildman–Crippen LogP) is 2.83. The molecule has 0 fully saturated rings. The monoisotopic (exact) mass is 287 g/mol. The second-order valence-electron chi connectivity index (χ2n) is 5.62. The fraction of sp³-hybridized carbons (Fsp3) is 0.176. The lowest BCUT2D eigenvalue weighted by molar-refractivity contribution is 0.887. The van der Waals surface area contributed by atoms with Crippen molar-refractivity contribution in [1.29, 1.82) is 0 Å². The maximum atomic E-state index is 4.71. The number of pyridine rings is 1. The van der Waals surface area contributed by atoms with E-state index in [9.17, 15) is 0 Å². The van der Waals surface area contributed by atoms with Gasteiger partial charge in [-0.05, 0) is 31.4 Å². The van der Waals surface area contributed by atoms with Crippen LogP contribution in [0.1, 0.15) is 17.7 Å². The van der Waals surface area contributed by atoms with E-state index >= 15 is 0 Å². The predicted molar refractivity (Wildman–Crippen MR) is 83.5 cm³/mol. The number of fused-ring (bicyclic) bond motifs is 4. The standard InChI is InChI=1S/C17H13N5/c1-2-6-13-11(4-1)8-9-15(19-13)16-20-17-12-5-3-7-14(12)18-10-22(17)21-16/h1-2,4,6,8-10H,3,5,7H2. The molecule has 106 valence electrons. The lowest BCUT2D eigenvalue weighted by Crippen LogP contribution is -1.96. The Morgan fingerprint density at radius 1 is 0.955 bits per heavy atom. The molecule has 3 heterocycles. The number of hydrogen-bond acceptors (Lipinski definition) is 4. The molecule has 5 heteroatoms. The smallest absolute Gasteiger partial charge is 0.200 e. The Morgan fingerprint density at radius 2 is 1.91 bits per heavy atom. The van der Waals surface area contributed by atoms with E-state index in [-0.39, 0.29) is 0 Å². The summed E-state index contributed by atoms with van der Waals surface area (Å²) in [6.07, 6.45) is 4.99. The van der Waals surface area contributed by atoms with Crippen molar-refractivity contribution in [3.63, 3.8) is 0 Å². The third kappa shape index (κ3) is 1.65. The van der Waals surface area contributed by atoms with Gasteiger partial charge in [-0.2, -0.15) is 0 Å². The van der Waals surface area contributed by atoms with Crippen LogP contribution >= 0.6 is 0 Å². The van der Waals surface area contributed by atoms with Gasteiger partial charge in [-0.3, -0.25) is 0 Å². The van der Waals surface area contributed by atoms with Crippen LogP contribution in [-0.2, 0) is 12.8 Å². The number of aryl methyl sites for hydroxylation is 2. The van der Waals surface area contributed by atoms with E-state index in [1.165, 1.54) is 5.56 Å². The van der Waals surface area contributed by atoms with Gasteiger partial charge in [0.15, 0.2) is 5.65 Å². The molecule has 1 aromatic carbocycles. The first-order valence-electron chi connectivity index (χ1n) is 7.48. The molecule has 3 aromatic heterocycles. The molecule has 0 N–H and O–H groups in total. The topological polar surface area (TPSA) is 56.0 Å². The van der Waals surface area contributed by atoms with Crippen molar-refractivity contribution >= 4 is 16.6 Å². The van der Waals surface area contributed by atoms with Crippen LogP contribution in [0.15, 0.2) is 42.7 Å². The zero-order valence-electron chi connectivity index (χ0n) is 11.9. The molecule has 0 bridgehead atoms. The van der Waals surface area contributed by atoms with Crippen LogP contribution in [0.25, 0.3) is 28.1 Å². The summed E-state index contributed by atoms with van der Waals surface area (Å²) in [7, 11) is 0. The van der Waals surface area contributed by atoms with Crippen LogP contribution in [0.5, 0.6) is 0 Å². The molecule has 22 heavy (non-hydrogen) atoms. The minimum atomic E-state index is 0.660. The molecule has 0 saturated carbocycles. The van der Waals surface area contributed by atoms with E-state index in [2.05, 4.69) is 27.2 Å². The summed E-state index contributed by atoms with van der Waals surface area (Å²) >= 11 is 0. The number of hydrogen-bond donors (Lipinski definition) is 0. The van der Waals surface area contributed by atoms with Gasteiger partial charge in [0.05, 0.1) is 5.52 Å². The van der Waals surface area contributed by atoms with E-state index in [1.807, 2.05) is 24.3 Å². The van der Waals surface area contributed by atoms with E-state index < -0.39 is 0 Å². The normalized spacial score (nSPS) is 13.8. The molecule has 1 aliphatic rings. The largest absolute Gasteiger partial charge is 0.244 e. The first kappa shape index (κ1) is 11.8.